The number of hydrogen-bond acceptors (Lipinski definition) is 5. The van der Waals surface area contributed by atoms with Gasteiger partial charge in [-0.3, -0.25) is 4.79 Å². The highest BCUT2D eigenvalue weighted by molar-refractivity contribution is 7.90. The first-order chi connectivity index (χ1) is 17.7. The average molecular weight is 572 g/mol. The van der Waals surface area contributed by atoms with Crippen LogP contribution in [0.1, 0.15) is 30.9 Å². The van der Waals surface area contributed by atoms with Crippen molar-refractivity contribution in [3.63, 3.8) is 0 Å². The summed E-state index contributed by atoms with van der Waals surface area (Å²) in [5.74, 6) is -0.733. The summed E-state index contributed by atoms with van der Waals surface area (Å²) in [7, 11) is -4.19. The molecule has 0 spiro atoms. The Labute approximate surface area is 221 Å². The van der Waals surface area contributed by atoms with Crippen LogP contribution in [0.5, 0.6) is 0 Å². The number of carbonyl (C=O) groups is 1. The Balaban J connectivity index is 1.47. The molecule has 14 heteroatoms. The Bertz CT molecular complexity index is 1450. The van der Waals surface area contributed by atoms with Crippen molar-refractivity contribution in [2.45, 2.75) is 49.4 Å². The van der Waals surface area contributed by atoms with Gasteiger partial charge in [-0.1, -0.05) is 23.8 Å². The molecule has 1 amide bonds. The second-order valence-corrected chi connectivity index (χ2v) is 11.9. The quantitative estimate of drug-likeness (QED) is 0.526. The van der Waals surface area contributed by atoms with Gasteiger partial charge in [-0.05, 0) is 43.7 Å². The van der Waals surface area contributed by atoms with Gasteiger partial charge >= 0.3 is 6.18 Å². The van der Waals surface area contributed by atoms with E-state index in [0.29, 0.717) is 16.8 Å². The minimum absolute atomic E-state index is 0.00470. The van der Waals surface area contributed by atoms with Crippen LogP contribution in [0.2, 0.25) is 5.15 Å². The fraction of sp³-hybridized carbons (Fsp3) is 0.375. The summed E-state index contributed by atoms with van der Waals surface area (Å²) in [6.45, 7) is 0.787. The van der Waals surface area contributed by atoms with E-state index in [4.69, 9.17) is 16.9 Å². The van der Waals surface area contributed by atoms with Crippen molar-refractivity contribution in [2.75, 3.05) is 6.54 Å². The van der Waals surface area contributed by atoms with Gasteiger partial charge in [0.15, 0.2) is 5.15 Å². The first-order valence-electron chi connectivity index (χ1n) is 11.4. The van der Waals surface area contributed by atoms with Gasteiger partial charge in [-0.15, -0.1) is 0 Å². The van der Waals surface area contributed by atoms with E-state index in [9.17, 15) is 30.8 Å². The molecule has 1 aliphatic carbocycles. The van der Waals surface area contributed by atoms with Gasteiger partial charge < -0.3 is 5.32 Å². The molecule has 1 unspecified atom stereocenters. The second-order valence-electron chi connectivity index (χ2n) is 9.20. The van der Waals surface area contributed by atoms with Crippen LogP contribution in [-0.2, 0) is 27.5 Å². The molecule has 2 aliphatic rings. The third-order valence-electron chi connectivity index (χ3n) is 6.53. The van der Waals surface area contributed by atoms with Crippen LogP contribution in [0.3, 0.4) is 0 Å². The lowest BCUT2D eigenvalue weighted by Crippen LogP contribution is -2.52. The molecule has 8 nitrogen and oxygen atoms in total. The van der Waals surface area contributed by atoms with Crippen molar-refractivity contribution in [1.82, 2.24) is 19.4 Å². The lowest BCUT2D eigenvalue weighted by molar-refractivity contribution is -0.137. The molecule has 38 heavy (non-hydrogen) atoms. The lowest BCUT2D eigenvalue weighted by Gasteiger charge is -2.34. The molecule has 1 fully saturated rings. The highest BCUT2D eigenvalue weighted by Gasteiger charge is 2.50. The molecule has 4 rings (SSSR count). The van der Waals surface area contributed by atoms with E-state index < -0.39 is 51.2 Å². The summed E-state index contributed by atoms with van der Waals surface area (Å²) in [6, 6.07) is 4.85. The molecular formula is C24H22ClF4N5O3S. The van der Waals surface area contributed by atoms with Crippen LogP contribution in [0.25, 0.3) is 5.69 Å². The van der Waals surface area contributed by atoms with Crippen molar-refractivity contribution in [2.24, 2.45) is 0 Å². The molecular weight excluding hydrogens is 550 g/mol. The standard InChI is InChI=1S/C24H22ClF4N5O3S/c1-23(8-6-15(11-30)7-9-23)38(36,37)34-14-18(26)10-20(34)22(35)31-12-16-13-33(32-21(16)25)19-4-2-17(3-5-19)24(27,28)29/h2-8,13,18,20H,9-10,12,14H2,1H3,(H,31,35)/t18-,20+,23?/m1/s1. The third-order valence-corrected chi connectivity index (χ3v) is 9.35. The second kappa shape index (κ2) is 10.2. The average Bonchev–Trinajstić information content (AvgIpc) is 3.45. The third kappa shape index (κ3) is 5.34. The lowest BCUT2D eigenvalue weighted by atomic mass is 9.98. The zero-order valence-electron chi connectivity index (χ0n) is 19.9. The number of allylic oxidation sites excluding steroid dienone is 3. The number of rotatable bonds is 6. The van der Waals surface area contributed by atoms with E-state index in [2.05, 4.69) is 10.4 Å². The number of benzene rings is 1. The van der Waals surface area contributed by atoms with E-state index in [1.54, 1.807) is 0 Å². The highest BCUT2D eigenvalue weighted by atomic mass is 35.5. The maximum Gasteiger partial charge on any atom is 0.416 e. The van der Waals surface area contributed by atoms with E-state index in [1.807, 2.05) is 6.07 Å². The van der Waals surface area contributed by atoms with Crippen LogP contribution in [0, 0.1) is 11.3 Å². The molecule has 2 heterocycles. The Hall–Kier alpha value is -3.21. The summed E-state index contributed by atoms with van der Waals surface area (Å²) < 4.78 is 80.4. The van der Waals surface area contributed by atoms with E-state index in [-0.39, 0.29) is 24.5 Å². The van der Waals surface area contributed by atoms with Crippen LogP contribution >= 0.6 is 11.6 Å². The topological polar surface area (TPSA) is 108 Å². The van der Waals surface area contributed by atoms with Gasteiger partial charge in [0.2, 0.25) is 15.9 Å². The van der Waals surface area contributed by atoms with Crippen molar-refractivity contribution in [1.29, 1.82) is 5.26 Å². The van der Waals surface area contributed by atoms with E-state index in [0.717, 1.165) is 16.4 Å². The molecule has 1 aromatic heterocycles. The molecule has 1 N–H and O–H groups in total. The Morgan fingerprint density at radius 1 is 1.32 bits per heavy atom. The number of alkyl halides is 4. The van der Waals surface area contributed by atoms with Crippen LogP contribution in [0.15, 0.2) is 54.3 Å². The predicted octanol–water partition coefficient (Wildman–Crippen LogP) is 4.07. The number of amides is 1. The molecule has 3 atom stereocenters. The number of nitrogens with one attached hydrogen (secondary N) is 1. The van der Waals surface area contributed by atoms with Gasteiger partial charge in [-0.2, -0.15) is 27.8 Å². The van der Waals surface area contributed by atoms with E-state index in [1.165, 1.54) is 48.2 Å². The molecule has 1 aromatic carbocycles. The number of hydrogen-bond donors (Lipinski definition) is 1. The normalized spacial score (nSPS) is 24.2. The Kier molecular flexibility index (Phi) is 7.44. The molecule has 0 radical (unpaired) electrons. The zero-order valence-corrected chi connectivity index (χ0v) is 21.5. The van der Waals surface area contributed by atoms with Gasteiger partial charge in [0.05, 0.1) is 17.3 Å². The Morgan fingerprint density at radius 3 is 2.58 bits per heavy atom. The number of aromatic nitrogens is 2. The minimum atomic E-state index is -4.49. The number of halogens is 5. The number of nitrogens with zero attached hydrogens (tertiary/aromatic N) is 4. The van der Waals surface area contributed by atoms with Gasteiger partial charge in [-0.25, -0.2) is 17.5 Å². The summed E-state index contributed by atoms with van der Waals surface area (Å²) in [6.07, 6.45) is -0.722. The molecule has 2 aromatic rings. The van der Waals surface area contributed by atoms with Gasteiger partial charge in [0, 0.05) is 36.8 Å². The van der Waals surface area contributed by atoms with Crippen LogP contribution < -0.4 is 5.32 Å². The fourth-order valence-corrected chi connectivity index (χ4v) is 6.40. The highest BCUT2D eigenvalue weighted by Crippen LogP contribution is 2.36. The summed E-state index contributed by atoms with van der Waals surface area (Å²) in [4.78, 5) is 13.0. The first-order valence-corrected chi connectivity index (χ1v) is 13.2. The fourth-order valence-electron chi connectivity index (χ4n) is 4.26. The van der Waals surface area contributed by atoms with Gasteiger partial charge in [0.1, 0.15) is 17.0 Å². The largest absolute Gasteiger partial charge is 0.416 e. The number of nitriles is 1. The van der Waals surface area contributed by atoms with Crippen LogP contribution in [-0.4, -0.2) is 51.9 Å². The Morgan fingerprint density at radius 2 is 2.00 bits per heavy atom. The molecule has 1 saturated heterocycles. The smallest absolute Gasteiger partial charge is 0.350 e. The van der Waals surface area contributed by atoms with Crippen molar-refractivity contribution >= 4 is 27.5 Å². The maximum atomic E-state index is 14.4. The zero-order chi connectivity index (χ0) is 27.9. The maximum absolute atomic E-state index is 14.4. The van der Waals surface area contributed by atoms with Crippen molar-refractivity contribution < 1.29 is 30.8 Å². The SMILES string of the molecule is CC1(S(=O)(=O)N2C[C@H](F)C[C@H]2C(=O)NCc2cn(-c3ccc(C(F)(F)F)cc3)nc2Cl)C=CC(C#N)=CC1. The van der Waals surface area contributed by atoms with Crippen molar-refractivity contribution in [3.05, 3.63) is 70.5 Å². The van der Waals surface area contributed by atoms with E-state index >= 15 is 0 Å². The predicted molar refractivity (Wildman–Crippen MR) is 130 cm³/mol. The molecule has 202 valence electrons. The number of sulfonamides is 1. The summed E-state index contributed by atoms with van der Waals surface area (Å²) >= 11 is 6.14. The van der Waals surface area contributed by atoms with Crippen molar-refractivity contribution in [3.8, 4) is 11.8 Å². The monoisotopic (exact) mass is 571 g/mol. The molecule has 1 aliphatic heterocycles. The van der Waals surface area contributed by atoms with Crippen LogP contribution in [0.4, 0.5) is 17.6 Å². The number of carbonyl (C=O) groups excluding carboxylic acids is 1. The molecule has 0 bridgehead atoms. The summed E-state index contributed by atoms with van der Waals surface area (Å²) in [5.41, 5.74) is 0.104. The van der Waals surface area contributed by atoms with Gasteiger partial charge in [0.25, 0.3) is 0 Å². The summed E-state index contributed by atoms with van der Waals surface area (Å²) in [5, 5.41) is 15.6. The minimum Gasteiger partial charge on any atom is -0.350 e. The molecule has 0 saturated carbocycles. The first kappa shape index (κ1) is 27.8.